The summed E-state index contributed by atoms with van der Waals surface area (Å²) in [6.07, 6.45) is 5.85. The Labute approximate surface area is 346 Å². The Morgan fingerprint density at radius 2 is 1.65 bits per heavy atom. The summed E-state index contributed by atoms with van der Waals surface area (Å²) >= 11 is 0. The average molecular weight is 808 g/mol. The van der Waals surface area contributed by atoms with E-state index in [1.165, 1.54) is 11.6 Å². The maximum Gasteiger partial charge on any atom is 0.264 e. The molecule has 1 atom stereocenters. The summed E-state index contributed by atoms with van der Waals surface area (Å²) in [5.41, 5.74) is 8.66. The van der Waals surface area contributed by atoms with Gasteiger partial charge in [-0.25, -0.2) is 9.97 Å². The maximum atomic E-state index is 13.4. The molecular formula is C45H45N9O6. The molecule has 0 spiro atoms. The number of fused-ring (bicyclic) bond motifs is 2. The SMILES string of the molecule is Cc1cc(-c2c[nH]c3ncc(-c4ccc(C5CCN(C6CN(C(=O)CNc7cccc8c7C(=O)N(C7CCC(=O)NC7=O)C8=O)C6)CC5)cc4)nc23)ccc1C(=O)N(C)C. The van der Waals surface area contributed by atoms with Gasteiger partial charge in [0.25, 0.3) is 17.7 Å². The molecule has 2 aromatic heterocycles. The lowest BCUT2D eigenvalue weighted by Crippen LogP contribution is -2.62. The fourth-order valence-electron chi connectivity index (χ4n) is 8.92. The number of hydrogen-bond donors (Lipinski definition) is 3. The molecule has 6 heterocycles. The summed E-state index contributed by atoms with van der Waals surface area (Å²) in [6.45, 7) is 5.04. The molecule has 0 saturated carbocycles. The van der Waals surface area contributed by atoms with Crippen molar-refractivity contribution < 1.29 is 28.8 Å². The molecule has 9 rings (SSSR count). The number of aryl methyl sites for hydroxylation is 1. The number of anilines is 1. The van der Waals surface area contributed by atoms with Gasteiger partial charge in [-0.05, 0) is 80.1 Å². The topological polar surface area (TPSA) is 181 Å². The predicted octanol–water partition coefficient (Wildman–Crippen LogP) is 4.21. The highest BCUT2D eigenvalue weighted by molar-refractivity contribution is 6.25. The number of hydrogen-bond acceptors (Lipinski definition) is 10. The monoisotopic (exact) mass is 807 g/mol. The Morgan fingerprint density at radius 1 is 0.900 bits per heavy atom. The van der Waals surface area contributed by atoms with E-state index in [2.05, 4.69) is 49.8 Å². The molecule has 15 heteroatoms. The third kappa shape index (κ3) is 6.97. The first kappa shape index (κ1) is 38.8. The molecule has 15 nitrogen and oxygen atoms in total. The zero-order chi connectivity index (χ0) is 41.8. The van der Waals surface area contributed by atoms with E-state index in [9.17, 15) is 28.8 Å². The number of nitrogens with zero attached hydrogens (tertiary/aromatic N) is 6. The summed E-state index contributed by atoms with van der Waals surface area (Å²) < 4.78 is 0. The molecule has 0 aliphatic carbocycles. The van der Waals surface area contributed by atoms with Crippen molar-refractivity contribution in [3.8, 4) is 22.4 Å². The van der Waals surface area contributed by atoms with Crippen LogP contribution in [0, 0.1) is 6.92 Å². The third-order valence-electron chi connectivity index (χ3n) is 12.4. The number of piperidine rings is 2. The van der Waals surface area contributed by atoms with Crippen molar-refractivity contribution in [2.45, 2.75) is 50.6 Å². The van der Waals surface area contributed by atoms with E-state index < -0.39 is 29.7 Å². The Hall–Kier alpha value is -6.74. The zero-order valence-electron chi connectivity index (χ0n) is 33.7. The van der Waals surface area contributed by atoms with Crippen LogP contribution in [0.5, 0.6) is 0 Å². The number of carbonyl (C=O) groups excluding carboxylic acids is 6. The molecule has 3 N–H and O–H groups in total. The third-order valence-corrected chi connectivity index (χ3v) is 12.4. The van der Waals surface area contributed by atoms with Crippen molar-refractivity contribution >= 4 is 52.3 Å². The van der Waals surface area contributed by atoms with Gasteiger partial charge >= 0.3 is 0 Å². The molecule has 4 aliphatic heterocycles. The summed E-state index contributed by atoms with van der Waals surface area (Å²) in [6, 6.07) is 18.5. The number of rotatable bonds is 9. The fourth-order valence-corrected chi connectivity index (χ4v) is 8.92. The number of carbonyl (C=O) groups is 6. The number of likely N-dealkylation sites (tertiary alicyclic amines) is 2. The van der Waals surface area contributed by atoms with Crippen LogP contribution in [0.4, 0.5) is 5.69 Å². The normalized spacial score (nSPS) is 18.8. The molecule has 0 radical (unpaired) electrons. The standard InChI is InChI=1S/C45H45N9O6/c1-25-19-29(11-12-31(25)43(58)51(2)3)33-20-47-41-40(33)49-35(21-48-41)28-9-7-26(8-10-28)27-15-17-52(18-16-27)30-23-53(24-30)38(56)22-46-34-6-4-5-32-39(34)45(60)54(44(32)59)36-13-14-37(55)50-42(36)57/h4-12,19-21,27,30,36,46H,13-18,22-24H2,1-3H3,(H,47,48)(H,50,55,57). The largest absolute Gasteiger partial charge is 0.375 e. The summed E-state index contributed by atoms with van der Waals surface area (Å²) in [5, 5.41) is 5.27. The van der Waals surface area contributed by atoms with Crippen molar-refractivity contribution in [2.24, 2.45) is 0 Å². The zero-order valence-corrected chi connectivity index (χ0v) is 33.7. The van der Waals surface area contributed by atoms with Gasteiger partial charge in [0.2, 0.25) is 17.7 Å². The molecule has 5 aromatic rings. The predicted molar refractivity (Wildman–Crippen MR) is 223 cm³/mol. The van der Waals surface area contributed by atoms with E-state index >= 15 is 0 Å². The van der Waals surface area contributed by atoms with E-state index in [0.29, 0.717) is 35.9 Å². The van der Waals surface area contributed by atoms with Crippen LogP contribution in [0.2, 0.25) is 0 Å². The van der Waals surface area contributed by atoms with E-state index in [0.717, 1.165) is 64.3 Å². The lowest BCUT2D eigenvalue weighted by atomic mass is 9.87. The van der Waals surface area contributed by atoms with Gasteiger partial charge in [0, 0.05) is 68.2 Å². The number of benzene rings is 3. The lowest BCUT2D eigenvalue weighted by molar-refractivity contribution is -0.137. The molecule has 306 valence electrons. The number of amides is 6. The first-order valence-corrected chi connectivity index (χ1v) is 20.3. The van der Waals surface area contributed by atoms with E-state index in [-0.39, 0.29) is 48.4 Å². The van der Waals surface area contributed by atoms with Crippen molar-refractivity contribution in [2.75, 3.05) is 52.1 Å². The summed E-state index contributed by atoms with van der Waals surface area (Å²) in [7, 11) is 3.50. The van der Waals surface area contributed by atoms with Crippen LogP contribution in [0.15, 0.2) is 73.1 Å². The van der Waals surface area contributed by atoms with Crippen LogP contribution in [0.25, 0.3) is 33.5 Å². The maximum absolute atomic E-state index is 13.4. The van der Waals surface area contributed by atoms with Gasteiger partial charge in [-0.15, -0.1) is 0 Å². The second-order valence-electron chi connectivity index (χ2n) is 16.3. The van der Waals surface area contributed by atoms with Crippen LogP contribution >= 0.6 is 0 Å². The molecule has 3 fully saturated rings. The molecule has 6 amide bonds. The highest BCUT2D eigenvalue weighted by atomic mass is 16.2. The highest BCUT2D eigenvalue weighted by Gasteiger charge is 2.46. The van der Waals surface area contributed by atoms with Crippen molar-refractivity contribution in [1.29, 1.82) is 0 Å². The Balaban J connectivity index is 0.770. The first-order valence-electron chi connectivity index (χ1n) is 20.3. The molecule has 3 aromatic carbocycles. The Bertz CT molecular complexity index is 2590. The minimum Gasteiger partial charge on any atom is -0.375 e. The number of nitrogens with one attached hydrogen (secondary N) is 3. The van der Waals surface area contributed by atoms with Crippen LogP contribution in [0.1, 0.15) is 73.8 Å². The molecule has 3 saturated heterocycles. The van der Waals surface area contributed by atoms with Gasteiger partial charge in [-0.2, -0.15) is 0 Å². The number of H-pyrrole nitrogens is 1. The summed E-state index contributed by atoms with van der Waals surface area (Å²) in [4.78, 5) is 96.2. The van der Waals surface area contributed by atoms with Crippen molar-refractivity contribution in [3.63, 3.8) is 0 Å². The second-order valence-corrected chi connectivity index (χ2v) is 16.3. The number of aromatic amines is 1. The fraction of sp³-hybridized carbons (Fsp3) is 0.333. The highest BCUT2D eigenvalue weighted by Crippen LogP contribution is 2.35. The molecule has 4 aliphatic rings. The van der Waals surface area contributed by atoms with Gasteiger partial charge in [0.05, 0.1) is 29.6 Å². The molecule has 1 unspecified atom stereocenters. The lowest BCUT2D eigenvalue weighted by Gasteiger charge is -2.47. The van der Waals surface area contributed by atoms with Crippen molar-refractivity contribution in [3.05, 3.63) is 101 Å². The van der Waals surface area contributed by atoms with Crippen LogP contribution in [0.3, 0.4) is 0 Å². The summed E-state index contributed by atoms with van der Waals surface area (Å²) in [5.74, 6) is -2.00. The quantitative estimate of drug-likeness (QED) is 0.183. The Kier molecular flexibility index (Phi) is 9.98. The van der Waals surface area contributed by atoms with E-state index in [1.54, 1.807) is 42.2 Å². The van der Waals surface area contributed by atoms with Crippen molar-refractivity contribution in [1.82, 2.24) is 39.9 Å². The van der Waals surface area contributed by atoms with Gasteiger partial charge in [-0.3, -0.25) is 43.9 Å². The minimum absolute atomic E-state index is 0.0293. The van der Waals surface area contributed by atoms with Crippen LogP contribution in [-0.4, -0.2) is 129 Å². The Morgan fingerprint density at radius 3 is 2.37 bits per heavy atom. The molecular weight excluding hydrogens is 763 g/mol. The molecule has 60 heavy (non-hydrogen) atoms. The van der Waals surface area contributed by atoms with Gasteiger partial charge < -0.3 is 20.1 Å². The average Bonchev–Trinajstić information content (AvgIpc) is 3.77. The number of aromatic nitrogens is 3. The first-order chi connectivity index (χ1) is 28.9. The van der Waals surface area contributed by atoms with Gasteiger partial charge in [0.1, 0.15) is 11.6 Å². The van der Waals surface area contributed by atoms with Gasteiger partial charge in [-0.1, -0.05) is 42.5 Å². The second kappa shape index (κ2) is 15.5. The van der Waals surface area contributed by atoms with Crippen LogP contribution < -0.4 is 10.6 Å². The number of imide groups is 2. The molecule has 0 bridgehead atoms. The van der Waals surface area contributed by atoms with E-state index in [1.807, 2.05) is 31.3 Å². The van der Waals surface area contributed by atoms with E-state index in [4.69, 9.17) is 4.98 Å². The van der Waals surface area contributed by atoms with Crippen LogP contribution in [-0.2, 0) is 14.4 Å². The smallest absolute Gasteiger partial charge is 0.264 e. The minimum atomic E-state index is -1.06. The van der Waals surface area contributed by atoms with Gasteiger partial charge in [0.15, 0.2) is 5.65 Å².